The van der Waals surface area contributed by atoms with E-state index in [1.807, 2.05) is 6.07 Å². The van der Waals surface area contributed by atoms with Crippen molar-refractivity contribution in [3.05, 3.63) is 65.9 Å². The Labute approximate surface area is 166 Å². The normalized spacial score (nSPS) is 11.9. The molecule has 1 aromatic heterocycles. The van der Waals surface area contributed by atoms with Gasteiger partial charge >= 0.3 is 0 Å². The van der Waals surface area contributed by atoms with Crippen LogP contribution in [-0.2, 0) is 13.0 Å². The quantitative estimate of drug-likeness (QED) is 0.504. The van der Waals surface area contributed by atoms with Crippen LogP contribution in [-0.4, -0.2) is 46.7 Å². The molecular weight excluding hydrogens is 352 g/mol. The lowest BCUT2D eigenvalue weighted by Crippen LogP contribution is -2.49. The molecule has 3 aromatic rings. The van der Waals surface area contributed by atoms with E-state index in [-0.39, 0.29) is 13.2 Å². The first-order valence-corrected chi connectivity index (χ1v) is 9.77. The largest absolute Gasteiger partial charge is 0.493 e. The number of aliphatic hydroxyl groups excluding tert-OH is 2. The number of fused-ring (bicyclic) bond motifs is 1. The van der Waals surface area contributed by atoms with Gasteiger partial charge in [-0.3, -0.25) is 0 Å². The fourth-order valence-electron chi connectivity index (χ4n) is 3.13. The molecule has 28 heavy (non-hydrogen) atoms. The lowest BCUT2D eigenvalue weighted by atomic mass is 10.1. The fraction of sp³-hybridized carbons (Fsp3) is 0.391. The van der Waals surface area contributed by atoms with Crippen molar-refractivity contribution in [2.75, 3.05) is 26.4 Å². The van der Waals surface area contributed by atoms with Crippen LogP contribution in [0.15, 0.2) is 54.7 Å². The van der Waals surface area contributed by atoms with Gasteiger partial charge in [0.1, 0.15) is 5.75 Å². The fourth-order valence-corrected chi connectivity index (χ4v) is 3.13. The van der Waals surface area contributed by atoms with Crippen molar-refractivity contribution in [2.45, 2.75) is 32.4 Å². The summed E-state index contributed by atoms with van der Waals surface area (Å²) in [6, 6.07) is 16.8. The van der Waals surface area contributed by atoms with Gasteiger partial charge in [0.05, 0.1) is 30.9 Å². The van der Waals surface area contributed by atoms with E-state index in [2.05, 4.69) is 65.5 Å². The maximum absolute atomic E-state index is 9.38. The summed E-state index contributed by atoms with van der Waals surface area (Å²) in [5.74, 6) is 0.864. The van der Waals surface area contributed by atoms with Gasteiger partial charge in [0.25, 0.3) is 0 Å². The lowest BCUT2D eigenvalue weighted by Gasteiger charge is -2.26. The van der Waals surface area contributed by atoms with Gasteiger partial charge in [-0.05, 0) is 43.0 Å². The lowest BCUT2D eigenvalue weighted by molar-refractivity contribution is 0.104. The van der Waals surface area contributed by atoms with Gasteiger partial charge in [0.2, 0.25) is 0 Å². The first-order valence-electron chi connectivity index (χ1n) is 9.77. The second-order valence-corrected chi connectivity index (χ2v) is 7.62. The molecule has 0 fully saturated rings. The Bertz CT molecular complexity index is 883. The van der Waals surface area contributed by atoms with E-state index in [9.17, 15) is 10.2 Å². The second-order valence-electron chi connectivity index (χ2n) is 7.62. The van der Waals surface area contributed by atoms with E-state index < -0.39 is 5.54 Å². The topological polar surface area (TPSA) is 66.7 Å². The Hall–Kier alpha value is -2.34. The standard InChI is InChI=1S/C23H30N2O3/c1-18-3-5-19(6-4-18)10-14-28-21-8-7-20-9-12-25(22(20)15-21)13-11-24-23(2,16-26)17-27/h3-9,12,15,24,26-27H,10-11,13-14,16-17H2,1-2H3. The summed E-state index contributed by atoms with van der Waals surface area (Å²) in [6.07, 6.45) is 2.93. The monoisotopic (exact) mass is 382 g/mol. The molecule has 0 amide bonds. The number of rotatable bonds is 10. The summed E-state index contributed by atoms with van der Waals surface area (Å²) in [5.41, 5.74) is 3.00. The maximum Gasteiger partial charge on any atom is 0.121 e. The second kappa shape index (κ2) is 9.24. The average Bonchev–Trinajstić information content (AvgIpc) is 3.12. The van der Waals surface area contributed by atoms with E-state index in [0.717, 1.165) is 29.6 Å². The minimum Gasteiger partial charge on any atom is -0.493 e. The van der Waals surface area contributed by atoms with Crippen LogP contribution < -0.4 is 10.1 Å². The zero-order valence-electron chi connectivity index (χ0n) is 16.7. The van der Waals surface area contributed by atoms with E-state index in [1.54, 1.807) is 6.92 Å². The average molecular weight is 383 g/mol. The molecule has 3 rings (SSSR count). The summed E-state index contributed by atoms with van der Waals surface area (Å²) >= 11 is 0. The van der Waals surface area contributed by atoms with Gasteiger partial charge < -0.3 is 24.8 Å². The van der Waals surface area contributed by atoms with Gasteiger partial charge in [-0.1, -0.05) is 29.8 Å². The SMILES string of the molecule is Cc1ccc(CCOc2ccc3ccn(CCNC(C)(CO)CO)c3c2)cc1. The minimum atomic E-state index is -0.660. The molecule has 0 saturated heterocycles. The highest BCUT2D eigenvalue weighted by Crippen LogP contribution is 2.22. The van der Waals surface area contributed by atoms with Crippen molar-refractivity contribution in [2.24, 2.45) is 0 Å². The number of nitrogens with zero attached hydrogens (tertiary/aromatic N) is 1. The van der Waals surface area contributed by atoms with Gasteiger partial charge in [-0.25, -0.2) is 0 Å². The summed E-state index contributed by atoms with van der Waals surface area (Å²) < 4.78 is 8.13. The Morgan fingerprint density at radius 1 is 1.04 bits per heavy atom. The highest BCUT2D eigenvalue weighted by molar-refractivity contribution is 5.81. The molecule has 0 unspecified atom stereocenters. The van der Waals surface area contributed by atoms with Crippen molar-refractivity contribution >= 4 is 10.9 Å². The molecule has 0 bridgehead atoms. The number of nitrogens with one attached hydrogen (secondary N) is 1. The molecule has 0 aliphatic rings. The van der Waals surface area contributed by atoms with E-state index in [4.69, 9.17) is 4.74 Å². The summed E-state index contributed by atoms with van der Waals surface area (Å²) in [6.45, 7) is 5.73. The highest BCUT2D eigenvalue weighted by atomic mass is 16.5. The Kier molecular flexibility index (Phi) is 6.73. The molecule has 0 saturated carbocycles. The number of benzene rings is 2. The number of aromatic nitrogens is 1. The summed E-state index contributed by atoms with van der Waals surface area (Å²) in [5, 5.41) is 23.1. The zero-order valence-corrected chi connectivity index (χ0v) is 16.7. The van der Waals surface area contributed by atoms with Gasteiger partial charge in [-0.2, -0.15) is 0 Å². The van der Waals surface area contributed by atoms with Crippen molar-refractivity contribution < 1.29 is 14.9 Å². The predicted octanol–water partition coefficient (Wildman–Crippen LogP) is 2.90. The third-order valence-corrected chi connectivity index (χ3v) is 5.13. The van der Waals surface area contributed by atoms with Gasteiger partial charge in [0, 0.05) is 31.8 Å². The predicted molar refractivity (Wildman–Crippen MR) is 113 cm³/mol. The van der Waals surface area contributed by atoms with Crippen molar-refractivity contribution in [3.63, 3.8) is 0 Å². The number of hydrogen-bond acceptors (Lipinski definition) is 4. The first kappa shape index (κ1) is 20.4. The molecule has 150 valence electrons. The highest BCUT2D eigenvalue weighted by Gasteiger charge is 2.20. The molecule has 0 spiro atoms. The van der Waals surface area contributed by atoms with Gasteiger partial charge in [-0.15, -0.1) is 0 Å². The molecule has 5 heteroatoms. The molecule has 0 atom stereocenters. The van der Waals surface area contributed by atoms with Crippen LogP contribution in [0.3, 0.4) is 0 Å². The van der Waals surface area contributed by atoms with Gasteiger partial charge in [0.15, 0.2) is 0 Å². The molecule has 0 aliphatic heterocycles. The Morgan fingerprint density at radius 3 is 2.50 bits per heavy atom. The molecule has 0 aliphatic carbocycles. The van der Waals surface area contributed by atoms with Crippen molar-refractivity contribution in [1.29, 1.82) is 0 Å². The van der Waals surface area contributed by atoms with E-state index in [0.29, 0.717) is 13.2 Å². The number of ether oxygens (including phenoxy) is 1. The number of hydrogen-bond donors (Lipinski definition) is 3. The minimum absolute atomic E-state index is 0.102. The third-order valence-electron chi connectivity index (χ3n) is 5.13. The van der Waals surface area contributed by atoms with Crippen molar-refractivity contribution in [3.8, 4) is 5.75 Å². The van der Waals surface area contributed by atoms with Crippen LogP contribution in [0.5, 0.6) is 5.75 Å². The van der Waals surface area contributed by atoms with E-state index in [1.165, 1.54) is 11.1 Å². The first-order chi connectivity index (χ1) is 13.5. The van der Waals surface area contributed by atoms with Crippen LogP contribution in [0.4, 0.5) is 0 Å². The molecule has 1 heterocycles. The van der Waals surface area contributed by atoms with E-state index >= 15 is 0 Å². The van der Waals surface area contributed by atoms with Crippen LogP contribution in [0.1, 0.15) is 18.1 Å². The molecular formula is C23H30N2O3. The Morgan fingerprint density at radius 2 is 1.79 bits per heavy atom. The van der Waals surface area contributed by atoms with Crippen LogP contribution in [0.25, 0.3) is 10.9 Å². The van der Waals surface area contributed by atoms with Crippen LogP contribution in [0, 0.1) is 6.92 Å². The number of aliphatic hydroxyl groups is 2. The third kappa shape index (κ3) is 5.13. The number of aryl methyl sites for hydroxylation is 1. The zero-order chi connectivity index (χ0) is 20.0. The van der Waals surface area contributed by atoms with Crippen molar-refractivity contribution in [1.82, 2.24) is 9.88 Å². The van der Waals surface area contributed by atoms with Crippen LogP contribution >= 0.6 is 0 Å². The summed E-state index contributed by atoms with van der Waals surface area (Å²) in [4.78, 5) is 0. The Balaban J connectivity index is 1.59. The molecule has 0 radical (unpaired) electrons. The molecule has 3 N–H and O–H groups in total. The summed E-state index contributed by atoms with van der Waals surface area (Å²) in [7, 11) is 0. The maximum atomic E-state index is 9.38. The molecule has 2 aromatic carbocycles. The smallest absolute Gasteiger partial charge is 0.121 e. The van der Waals surface area contributed by atoms with Crippen LogP contribution in [0.2, 0.25) is 0 Å². The molecule has 5 nitrogen and oxygen atoms in total.